The molecule has 0 fully saturated rings. The van der Waals surface area contributed by atoms with E-state index in [1.165, 1.54) is 21.3 Å². The lowest BCUT2D eigenvalue weighted by Crippen LogP contribution is -2.34. The number of hydrogen-bond acceptors (Lipinski definition) is 6. The Kier molecular flexibility index (Phi) is 7.58. The van der Waals surface area contributed by atoms with Crippen LogP contribution in [0.4, 0.5) is 0 Å². The smallest absolute Gasteiger partial charge is 0.258 e. The summed E-state index contributed by atoms with van der Waals surface area (Å²) in [6.45, 7) is 2.67. The minimum atomic E-state index is -0.268. The van der Waals surface area contributed by atoms with E-state index in [4.69, 9.17) is 25.8 Å². The van der Waals surface area contributed by atoms with Gasteiger partial charge in [-0.15, -0.1) is 0 Å². The van der Waals surface area contributed by atoms with Gasteiger partial charge in [0, 0.05) is 11.6 Å². The molecule has 3 aromatic rings. The molecule has 1 heterocycles. The fraction of sp³-hybridized carbons (Fsp3) is 0.348. The largest absolute Gasteiger partial charge is 0.493 e. The van der Waals surface area contributed by atoms with Crippen LogP contribution in [-0.2, 0) is 17.8 Å². The summed E-state index contributed by atoms with van der Waals surface area (Å²) in [5, 5.41) is 0.939. The van der Waals surface area contributed by atoms with E-state index in [0.717, 1.165) is 12.0 Å². The Morgan fingerprint density at radius 1 is 1.09 bits per heavy atom. The van der Waals surface area contributed by atoms with Crippen LogP contribution in [0.5, 0.6) is 17.2 Å². The van der Waals surface area contributed by atoms with Crippen molar-refractivity contribution in [2.45, 2.75) is 26.3 Å². The van der Waals surface area contributed by atoms with Gasteiger partial charge < -0.3 is 24.1 Å². The molecule has 0 bridgehead atoms. The highest BCUT2D eigenvalue weighted by atomic mass is 35.5. The van der Waals surface area contributed by atoms with Gasteiger partial charge in [-0.1, -0.05) is 18.5 Å². The third-order valence-electron chi connectivity index (χ3n) is 4.98. The average molecular weight is 460 g/mol. The molecular formula is C23H26ClN3O5. The highest BCUT2D eigenvalue weighted by molar-refractivity contribution is 6.31. The van der Waals surface area contributed by atoms with Crippen LogP contribution in [0.2, 0.25) is 5.02 Å². The Hall–Kier alpha value is -3.26. The van der Waals surface area contributed by atoms with Crippen LogP contribution in [0.15, 0.2) is 35.1 Å². The Morgan fingerprint density at radius 3 is 2.38 bits per heavy atom. The van der Waals surface area contributed by atoms with Crippen molar-refractivity contribution in [3.63, 3.8) is 0 Å². The van der Waals surface area contributed by atoms with Crippen molar-refractivity contribution in [1.29, 1.82) is 0 Å². The molecule has 0 aliphatic rings. The number of methoxy groups -OCH3 is 3. The number of aromatic nitrogens is 2. The first kappa shape index (κ1) is 23.4. The highest BCUT2D eigenvalue weighted by Crippen LogP contribution is 2.38. The molecule has 8 nitrogen and oxygen atoms in total. The second kappa shape index (κ2) is 10.4. The maximum Gasteiger partial charge on any atom is 0.258 e. The van der Waals surface area contributed by atoms with Crippen molar-refractivity contribution in [2.24, 2.45) is 0 Å². The summed E-state index contributed by atoms with van der Waals surface area (Å²) in [6.07, 6.45) is 0.880. The van der Waals surface area contributed by atoms with E-state index in [0.29, 0.717) is 45.5 Å². The van der Waals surface area contributed by atoms with E-state index in [-0.39, 0.29) is 24.4 Å². The Bertz CT molecular complexity index is 1150. The standard InChI is InChI=1S/C23H26ClN3O5/c1-5-8-27(13-20-25-17-12-15(24)6-7-16(17)23(29)26-20)21(28)11-14-9-18(30-2)22(32-4)19(10-14)31-3/h6-7,9-10,12H,5,8,11,13H2,1-4H3,(H,25,26,29). The first-order chi connectivity index (χ1) is 15.4. The predicted molar refractivity (Wildman–Crippen MR) is 123 cm³/mol. The van der Waals surface area contributed by atoms with E-state index in [1.54, 1.807) is 35.2 Å². The number of hydrogen-bond donors (Lipinski definition) is 1. The van der Waals surface area contributed by atoms with Crippen LogP contribution >= 0.6 is 11.6 Å². The minimum absolute atomic E-state index is 0.116. The molecule has 0 unspecified atom stereocenters. The number of H-pyrrole nitrogens is 1. The molecule has 0 radical (unpaired) electrons. The second-order valence-corrected chi connectivity index (χ2v) is 7.64. The molecule has 3 rings (SSSR count). The molecular weight excluding hydrogens is 434 g/mol. The van der Waals surface area contributed by atoms with Crippen LogP contribution < -0.4 is 19.8 Å². The number of amides is 1. The average Bonchev–Trinajstić information content (AvgIpc) is 2.77. The number of aromatic amines is 1. The zero-order valence-electron chi connectivity index (χ0n) is 18.5. The van der Waals surface area contributed by atoms with Gasteiger partial charge in [0.15, 0.2) is 11.5 Å². The summed E-state index contributed by atoms with van der Waals surface area (Å²) in [4.78, 5) is 34.5. The number of nitrogens with zero attached hydrogens (tertiary/aromatic N) is 2. The fourth-order valence-corrected chi connectivity index (χ4v) is 3.67. The molecule has 1 aromatic heterocycles. The van der Waals surface area contributed by atoms with Crippen LogP contribution in [-0.4, -0.2) is 48.6 Å². The number of nitrogens with one attached hydrogen (secondary N) is 1. The number of rotatable bonds is 9. The topological polar surface area (TPSA) is 93.8 Å². The molecule has 2 aromatic carbocycles. The van der Waals surface area contributed by atoms with Gasteiger partial charge in [0.05, 0.1) is 45.2 Å². The highest BCUT2D eigenvalue weighted by Gasteiger charge is 2.19. The van der Waals surface area contributed by atoms with Gasteiger partial charge in [-0.2, -0.15) is 0 Å². The van der Waals surface area contributed by atoms with Crippen molar-refractivity contribution in [3.05, 3.63) is 57.1 Å². The summed E-state index contributed by atoms with van der Waals surface area (Å²) < 4.78 is 16.1. The Morgan fingerprint density at radius 2 is 1.78 bits per heavy atom. The summed E-state index contributed by atoms with van der Waals surface area (Å²) >= 11 is 6.04. The SMILES string of the molecule is CCCN(Cc1nc2cc(Cl)ccc2c(=O)[nH]1)C(=O)Cc1cc(OC)c(OC)c(OC)c1. The van der Waals surface area contributed by atoms with Crippen molar-refractivity contribution < 1.29 is 19.0 Å². The van der Waals surface area contributed by atoms with Crippen LogP contribution in [0, 0.1) is 0 Å². The van der Waals surface area contributed by atoms with Gasteiger partial charge in [0.25, 0.3) is 5.56 Å². The van der Waals surface area contributed by atoms with Crippen molar-refractivity contribution in [2.75, 3.05) is 27.9 Å². The van der Waals surface area contributed by atoms with Crippen molar-refractivity contribution >= 4 is 28.4 Å². The normalized spacial score (nSPS) is 10.8. The number of benzene rings is 2. The van der Waals surface area contributed by atoms with Crippen LogP contribution in [0.25, 0.3) is 10.9 Å². The number of carbonyl (C=O) groups is 1. The number of fused-ring (bicyclic) bond motifs is 1. The molecule has 0 atom stereocenters. The first-order valence-electron chi connectivity index (χ1n) is 10.1. The lowest BCUT2D eigenvalue weighted by Gasteiger charge is -2.22. The predicted octanol–water partition coefficient (Wildman–Crippen LogP) is 3.58. The minimum Gasteiger partial charge on any atom is -0.493 e. The third kappa shape index (κ3) is 5.13. The lowest BCUT2D eigenvalue weighted by molar-refractivity contribution is -0.131. The molecule has 0 saturated heterocycles. The van der Waals surface area contributed by atoms with Crippen LogP contribution in [0.1, 0.15) is 24.7 Å². The maximum atomic E-state index is 13.1. The third-order valence-corrected chi connectivity index (χ3v) is 5.22. The lowest BCUT2D eigenvalue weighted by atomic mass is 10.1. The van der Waals surface area contributed by atoms with Gasteiger partial charge in [0.1, 0.15) is 5.82 Å². The Labute approximate surface area is 191 Å². The Balaban J connectivity index is 1.87. The monoisotopic (exact) mass is 459 g/mol. The number of ether oxygens (including phenoxy) is 3. The van der Waals surface area contributed by atoms with Gasteiger partial charge in [-0.25, -0.2) is 4.98 Å². The van der Waals surface area contributed by atoms with Gasteiger partial charge in [0.2, 0.25) is 11.7 Å². The summed E-state index contributed by atoms with van der Waals surface area (Å²) in [6, 6.07) is 8.41. The van der Waals surface area contributed by atoms with Crippen molar-refractivity contribution in [1.82, 2.24) is 14.9 Å². The van der Waals surface area contributed by atoms with E-state index in [2.05, 4.69) is 9.97 Å². The first-order valence-corrected chi connectivity index (χ1v) is 10.5. The summed E-state index contributed by atoms with van der Waals surface area (Å²) in [7, 11) is 4.58. The molecule has 0 spiro atoms. The van der Waals surface area contributed by atoms with E-state index < -0.39 is 0 Å². The van der Waals surface area contributed by atoms with Gasteiger partial charge in [-0.05, 0) is 42.3 Å². The number of halogens is 1. The number of carbonyl (C=O) groups excluding carboxylic acids is 1. The molecule has 1 N–H and O–H groups in total. The van der Waals surface area contributed by atoms with Crippen molar-refractivity contribution in [3.8, 4) is 17.2 Å². The van der Waals surface area contributed by atoms with Gasteiger partial charge in [-0.3, -0.25) is 9.59 Å². The molecule has 0 aliphatic carbocycles. The molecule has 1 amide bonds. The molecule has 170 valence electrons. The molecule has 0 aliphatic heterocycles. The second-order valence-electron chi connectivity index (χ2n) is 7.20. The summed E-state index contributed by atoms with van der Waals surface area (Å²) in [5.41, 5.74) is 0.942. The zero-order chi connectivity index (χ0) is 23.3. The molecule has 32 heavy (non-hydrogen) atoms. The zero-order valence-corrected chi connectivity index (χ0v) is 19.3. The summed E-state index contributed by atoms with van der Waals surface area (Å²) in [5.74, 6) is 1.71. The quantitative estimate of drug-likeness (QED) is 0.525. The molecule has 0 saturated carbocycles. The van der Waals surface area contributed by atoms with E-state index in [1.807, 2.05) is 6.92 Å². The van der Waals surface area contributed by atoms with Gasteiger partial charge >= 0.3 is 0 Å². The van der Waals surface area contributed by atoms with Crippen LogP contribution in [0.3, 0.4) is 0 Å². The maximum absolute atomic E-state index is 13.1. The van der Waals surface area contributed by atoms with E-state index >= 15 is 0 Å². The molecule has 9 heteroatoms. The fourth-order valence-electron chi connectivity index (χ4n) is 3.50. The van der Waals surface area contributed by atoms with E-state index in [9.17, 15) is 9.59 Å².